The molecule has 192 valence electrons. The van der Waals surface area contributed by atoms with E-state index in [0.29, 0.717) is 29.0 Å². The molecule has 37 heavy (non-hydrogen) atoms. The fourth-order valence-electron chi connectivity index (χ4n) is 3.95. The number of carbonyl (C=O) groups is 2. The van der Waals surface area contributed by atoms with Crippen LogP contribution in [0.1, 0.15) is 32.3 Å². The van der Waals surface area contributed by atoms with Crippen LogP contribution in [-0.4, -0.2) is 57.5 Å². The first-order chi connectivity index (χ1) is 17.9. The van der Waals surface area contributed by atoms with Crippen LogP contribution in [0.5, 0.6) is 5.88 Å². The number of thioether (sulfide) groups is 1. The number of rotatable bonds is 6. The van der Waals surface area contributed by atoms with Gasteiger partial charge in [-0.2, -0.15) is 8.78 Å². The number of aromatic nitrogens is 3. The second-order valence-corrected chi connectivity index (χ2v) is 9.99. The highest BCUT2D eigenvalue weighted by Crippen LogP contribution is 2.46. The number of halogens is 2. The van der Waals surface area contributed by atoms with E-state index in [1.807, 2.05) is 6.07 Å². The summed E-state index contributed by atoms with van der Waals surface area (Å²) < 4.78 is 34.5. The summed E-state index contributed by atoms with van der Waals surface area (Å²) in [6, 6.07) is 8.88. The SMILES string of the molecule is O=C(NC1=NC2(c3nc(NC(=O)c4cnc(OC(F)F)cn4)cs3)COCCC2CS1)c1ccccc1. The van der Waals surface area contributed by atoms with Gasteiger partial charge in [0.2, 0.25) is 5.88 Å². The molecule has 0 saturated carbocycles. The van der Waals surface area contributed by atoms with E-state index in [1.54, 1.807) is 29.6 Å². The maximum Gasteiger partial charge on any atom is 0.388 e. The number of alkyl halides is 2. The number of ether oxygens (including phenoxy) is 2. The van der Waals surface area contributed by atoms with Crippen molar-refractivity contribution in [2.75, 3.05) is 24.3 Å². The first kappa shape index (κ1) is 25.2. The van der Waals surface area contributed by atoms with Crippen molar-refractivity contribution < 1.29 is 27.8 Å². The average Bonchev–Trinajstić information content (AvgIpc) is 3.38. The third-order valence-corrected chi connectivity index (χ3v) is 7.82. The fourth-order valence-corrected chi connectivity index (χ4v) is 6.11. The zero-order valence-electron chi connectivity index (χ0n) is 19.1. The third kappa shape index (κ3) is 5.60. The highest BCUT2D eigenvalue weighted by atomic mass is 32.2. The minimum Gasteiger partial charge on any atom is -0.415 e. The number of anilines is 1. The van der Waals surface area contributed by atoms with Gasteiger partial charge in [-0.15, -0.1) is 11.3 Å². The number of carbonyl (C=O) groups excluding carboxylic acids is 2. The number of aliphatic imine (C=N–C) groups is 1. The molecule has 1 aromatic carbocycles. The lowest BCUT2D eigenvalue weighted by Crippen LogP contribution is -2.48. The van der Waals surface area contributed by atoms with Crippen LogP contribution in [0.2, 0.25) is 0 Å². The molecule has 3 aromatic rings. The van der Waals surface area contributed by atoms with Crippen LogP contribution in [0.15, 0.2) is 53.1 Å². The van der Waals surface area contributed by atoms with E-state index in [9.17, 15) is 18.4 Å². The van der Waals surface area contributed by atoms with Gasteiger partial charge in [-0.05, 0) is 18.6 Å². The van der Waals surface area contributed by atoms with Gasteiger partial charge in [0.15, 0.2) is 5.17 Å². The maximum atomic E-state index is 12.7. The summed E-state index contributed by atoms with van der Waals surface area (Å²) in [6.45, 7) is -2.14. The lowest BCUT2D eigenvalue weighted by atomic mass is 9.82. The summed E-state index contributed by atoms with van der Waals surface area (Å²) in [7, 11) is 0. The van der Waals surface area contributed by atoms with Gasteiger partial charge in [0.05, 0.1) is 19.0 Å². The average molecular weight is 547 g/mol. The molecule has 1 fully saturated rings. The molecular weight excluding hydrogens is 526 g/mol. The van der Waals surface area contributed by atoms with E-state index in [0.717, 1.165) is 24.6 Å². The molecule has 1 saturated heterocycles. The Balaban J connectivity index is 1.34. The molecule has 0 spiro atoms. The number of thiazole rings is 1. The second kappa shape index (κ2) is 10.9. The van der Waals surface area contributed by atoms with E-state index in [2.05, 4.69) is 30.3 Å². The number of fused-ring (bicyclic) bond motifs is 1. The predicted molar refractivity (Wildman–Crippen MR) is 133 cm³/mol. The van der Waals surface area contributed by atoms with Gasteiger partial charge in [0.25, 0.3) is 11.8 Å². The maximum absolute atomic E-state index is 12.7. The van der Waals surface area contributed by atoms with Crippen molar-refractivity contribution in [1.82, 2.24) is 20.3 Å². The Hall–Kier alpha value is -3.49. The van der Waals surface area contributed by atoms with E-state index in [1.165, 1.54) is 23.1 Å². The van der Waals surface area contributed by atoms with Crippen molar-refractivity contribution in [1.29, 1.82) is 0 Å². The lowest BCUT2D eigenvalue weighted by molar-refractivity contribution is -0.0531. The molecule has 10 nitrogen and oxygen atoms in total. The zero-order valence-corrected chi connectivity index (χ0v) is 20.7. The summed E-state index contributed by atoms with van der Waals surface area (Å²) in [6.07, 6.45) is 2.75. The smallest absolute Gasteiger partial charge is 0.388 e. The standard InChI is InChI=1S/C23H20F2N6O4S2/c24-21(25)35-17-9-26-15(8-27-17)19(33)28-16-11-36-20(29-16)23-12-34-7-6-14(23)10-37-22(31-23)30-18(32)13-4-2-1-3-5-13/h1-5,8-9,11,14,21H,6-7,10,12H2,(H,28,33)(H,30,31,32). The molecule has 0 bridgehead atoms. The summed E-state index contributed by atoms with van der Waals surface area (Å²) in [5.74, 6) is -0.126. The van der Waals surface area contributed by atoms with E-state index in [-0.39, 0.29) is 23.3 Å². The summed E-state index contributed by atoms with van der Waals surface area (Å²) in [4.78, 5) is 42.3. The zero-order chi connectivity index (χ0) is 25.8. The molecule has 2 unspecified atom stereocenters. The number of benzene rings is 1. The normalized spacial score (nSPS) is 21.1. The summed E-state index contributed by atoms with van der Waals surface area (Å²) in [5, 5.41) is 8.34. The second-order valence-electron chi connectivity index (χ2n) is 8.12. The van der Waals surface area contributed by atoms with Crippen LogP contribution in [0.25, 0.3) is 0 Å². The van der Waals surface area contributed by atoms with Gasteiger partial charge in [-0.3, -0.25) is 9.59 Å². The number of amidine groups is 1. The van der Waals surface area contributed by atoms with Crippen molar-refractivity contribution in [3.63, 3.8) is 0 Å². The molecule has 2 N–H and O–H groups in total. The first-order valence-corrected chi connectivity index (χ1v) is 13.0. The Labute approximate surface area is 217 Å². The molecular formula is C23H20F2N6O4S2. The monoisotopic (exact) mass is 546 g/mol. The molecule has 0 radical (unpaired) electrons. The fraction of sp³-hybridized carbons (Fsp3) is 0.304. The Morgan fingerprint density at radius 3 is 2.73 bits per heavy atom. The molecule has 5 rings (SSSR count). The Bertz CT molecular complexity index is 1310. The van der Waals surface area contributed by atoms with Crippen molar-refractivity contribution in [3.05, 3.63) is 64.4 Å². The molecule has 14 heteroatoms. The molecule has 2 aromatic heterocycles. The largest absolute Gasteiger partial charge is 0.415 e. The third-order valence-electron chi connectivity index (χ3n) is 5.77. The molecule has 2 amide bonds. The Morgan fingerprint density at radius 2 is 1.97 bits per heavy atom. The van der Waals surface area contributed by atoms with Crippen LogP contribution in [0.3, 0.4) is 0 Å². The summed E-state index contributed by atoms with van der Waals surface area (Å²) >= 11 is 2.80. The molecule has 4 heterocycles. The van der Waals surface area contributed by atoms with Crippen molar-refractivity contribution in [3.8, 4) is 5.88 Å². The van der Waals surface area contributed by atoms with Gasteiger partial charge in [0.1, 0.15) is 22.1 Å². The van der Waals surface area contributed by atoms with Crippen molar-refractivity contribution in [2.24, 2.45) is 10.9 Å². The minimum absolute atomic E-state index is 0.0915. The summed E-state index contributed by atoms with van der Waals surface area (Å²) in [5.41, 5.74) is -0.367. The molecule has 2 aliphatic heterocycles. The van der Waals surface area contributed by atoms with Crippen LogP contribution >= 0.6 is 23.1 Å². The van der Waals surface area contributed by atoms with Crippen molar-refractivity contribution in [2.45, 2.75) is 18.6 Å². The van der Waals surface area contributed by atoms with Crippen LogP contribution in [0.4, 0.5) is 14.6 Å². The lowest BCUT2D eigenvalue weighted by Gasteiger charge is -2.42. The highest BCUT2D eigenvalue weighted by Gasteiger charge is 2.48. The van der Waals surface area contributed by atoms with Gasteiger partial charge >= 0.3 is 6.61 Å². The first-order valence-electron chi connectivity index (χ1n) is 11.1. The van der Waals surface area contributed by atoms with Crippen molar-refractivity contribution >= 4 is 45.9 Å². The number of amides is 2. The van der Waals surface area contributed by atoms with Crippen LogP contribution in [0, 0.1) is 5.92 Å². The number of hydrogen-bond acceptors (Lipinski definition) is 10. The number of nitrogens with zero attached hydrogens (tertiary/aromatic N) is 4. The Kier molecular flexibility index (Phi) is 7.39. The highest BCUT2D eigenvalue weighted by molar-refractivity contribution is 8.13. The number of hydrogen-bond donors (Lipinski definition) is 2. The van der Waals surface area contributed by atoms with E-state index < -0.39 is 23.9 Å². The molecule has 0 aliphatic carbocycles. The quantitative estimate of drug-likeness (QED) is 0.481. The Morgan fingerprint density at radius 1 is 1.14 bits per heavy atom. The van der Waals surface area contributed by atoms with Crippen LogP contribution in [-0.2, 0) is 10.3 Å². The minimum atomic E-state index is -3.04. The predicted octanol–water partition coefficient (Wildman–Crippen LogP) is 3.55. The van der Waals surface area contributed by atoms with E-state index >= 15 is 0 Å². The van der Waals surface area contributed by atoms with E-state index in [4.69, 9.17) is 9.73 Å². The molecule has 2 aliphatic rings. The van der Waals surface area contributed by atoms with Gasteiger partial charge in [-0.25, -0.2) is 19.9 Å². The van der Waals surface area contributed by atoms with Crippen LogP contribution < -0.4 is 15.4 Å². The van der Waals surface area contributed by atoms with Gasteiger partial charge in [0, 0.05) is 29.2 Å². The molecule has 2 atom stereocenters. The van der Waals surface area contributed by atoms with Gasteiger partial charge < -0.3 is 20.1 Å². The number of nitrogens with one attached hydrogen (secondary N) is 2. The topological polar surface area (TPSA) is 128 Å². The van der Waals surface area contributed by atoms with Gasteiger partial charge in [-0.1, -0.05) is 30.0 Å².